The largest absolute Gasteiger partial charge is 0.508 e. The van der Waals surface area contributed by atoms with E-state index in [2.05, 4.69) is 0 Å². The van der Waals surface area contributed by atoms with Crippen molar-refractivity contribution < 1.29 is 10.2 Å². The van der Waals surface area contributed by atoms with E-state index in [9.17, 15) is 10.2 Å². The number of rotatable bonds is 2. The van der Waals surface area contributed by atoms with E-state index in [4.69, 9.17) is 0 Å². The van der Waals surface area contributed by atoms with Crippen molar-refractivity contribution in [2.45, 2.75) is 44.9 Å². The Bertz CT molecular complexity index is 626. The van der Waals surface area contributed by atoms with Gasteiger partial charge in [-0.2, -0.15) is 0 Å². The number of aryl methyl sites for hydroxylation is 1. The minimum atomic E-state index is 0.247. The van der Waals surface area contributed by atoms with Crippen LogP contribution in [0.2, 0.25) is 0 Å². The van der Waals surface area contributed by atoms with E-state index in [-0.39, 0.29) is 17.4 Å². The standard InChI is InChI=1S/C19H22O2/c1-13-12-16(20)18(15-10-6-3-7-11-15)19(21)17(13)14-8-4-2-5-9-14/h2,4-5,8-9,12,15,20-21H,3,6-7,10-11H2,1H3. The fourth-order valence-corrected chi connectivity index (χ4v) is 3.56. The van der Waals surface area contributed by atoms with Gasteiger partial charge in [0.25, 0.3) is 0 Å². The zero-order valence-corrected chi connectivity index (χ0v) is 12.5. The lowest BCUT2D eigenvalue weighted by Crippen LogP contribution is -2.06. The molecule has 1 aliphatic carbocycles. The molecular weight excluding hydrogens is 260 g/mol. The molecule has 1 aliphatic rings. The van der Waals surface area contributed by atoms with E-state index in [0.29, 0.717) is 0 Å². The Morgan fingerprint density at radius 3 is 2.29 bits per heavy atom. The third-order valence-corrected chi connectivity index (χ3v) is 4.59. The highest BCUT2D eigenvalue weighted by Crippen LogP contribution is 2.47. The van der Waals surface area contributed by atoms with Crippen LogP contribution in [-0.4, -0.2) is 10.2 Å². The molecule has 110 valence electrons. The van der Waals surface area contributed by atoms with Gasteiger partial charge in [-0.05, 0) is 42.9 Å². The third-order valence-electron chi connectivity index (χ3n) is 4.59. The number of phenols is 2. The normalized spacial score (nSPS) is 16.0. The van der Waals surface area contributed by atoms with Crippen LogP contribution in [0.1, 0.15) is 49.1 Å². The molecular formula is C19H22O2. The second-order valence-electron chi connectivity index (χ2n) is 6.05. The number of phenolic OH excluding ortho intramolecular Hbond substituents is 2. The molecule has 2 aromatic rings. The van der Waals surface area contributed by atoms with E-state index < -0.39 is 0 Å². The van der Waals surface area contributed by atoms with Gasteiger partial charge in [0.2, 0.25) is 0 Å². The first-order valence-corrected chi connectivity index (χ1v) is 7.79. The van der Waals surface area contributed by atoms with E-state index >= 15 is 0 Å². The van der Waals surface area contributed by atoms with E-state index in [1.54, 1.807) is 6.07 Å². The van der Waals surface area contributed by atoms with Gasteiger partial charge in [0.15, 0.2) is 0 Å². The van der Waals surface area contributed by atoms with Crippen LogP contribution in [0.5, 0.6) is 11.5 Å². The van der Waals surface area contributed by atoms with Crippen LogP contribution in [0.3, 0.4) is 0 Å². The fraction of sp³-hybridized carbons (Fsp3) is 0.368. The summed E-state index contributed by atoms with van der Waals surface area (Å²) < 4.78 is 0. The molecule has 0 radical (unpaired) electrons. The molecule has 0 aromatic heterocycles. The third kappa shape index (κ3) is 2.63. The Kier molecular flexibility index (Phi) is 3.87. The van der Waals surface area contributed by atoms with Gasteiger partial charge in [0.1, 0.15) is 11.5 Å². The zero-order valence-electron chi connectivity index (χ0n) is 12.5. The SMILES string of the molecule is Cc1cc(O)c(C2CCCCC2)c(O)c1-c1ccccc1. The quantitative estimate of drug-likeness (QED) is 0.802. The van der Waals surface area contributed by atoms with E-state index in [1.165, 1.54) is 19.3 Å². The molecule has 2 N–H and O–H groups in total. The zero-order chi connectivity index (χ0) is 14.8. The van der Waals surface area contributed by atoms with Crippen molar-refractivity contribution in [3.05, 3.63) is 47.5 Å². The number of benzene rings is 2. The van der Waals surface area contributed by atoms with Gasteiger partial charge >= 0.3 is 0 Å². The van der Waals surface area contributed by atoms with Crippen molar-refractivity contribution in [1.29, 1.82) is 0 Å². The maximum absolute atomic E-state index is 10.8. The van der Waals surface area contributed by atoms with Crippen molar-refractivity contribution in [2.24, 2.45) is 0 Å². The summed E-state index contributed by atoms with van der Waals surface area (Å²) in [7, 11) is 0. The molecule has 2 heteroatoms. The molecule has 21 heavy (non-hydrogen) atoms. The molecule has 2 aromatic carbocycles. The van der Waals surface area contributed by atoms with Gasteiger partial charge in [0, 0.05) is 11.1 Å². The Labute approximate surface area is 126 Å². The molecule has 0 saturated heterocycles. The van der Waals surface area contributed by atoms with Gasteiger partial charge in [-0.3, -0.25) is 0 Å². The lowest BCUT2D eigenvalue weighted by Gasteiger charge is -2.25. The van der Waals surface area contributed by atoms with Gasteiger partial charge in [-0.15, -0.1) is 0 Å². The summed E-state index contributed by atoms with van der Waals surface area (Å²) in [5.74, 6) is 0.795. The number of aromatic hydroxyl groups is 2. The Hall–Kier alpha value is -1.96. The predicted molar refractivity (Wildman–Crippen MR) is 85.8 cm³/mol. The van der Waals surface area contributed by atoms with Crippen LogP contribution < -0.4 is 0 Å². The van der Waals surface area contributed by atoms with Crippen molar-refractivity contribution in [2.75, 3.05) is 0 Å². The topological polar surface area (TPSA) is 40.5 Å². The highest BCUT2D eigenvalue weighted by atomic mass is 16.3. The smallest absolute Gasteiger partial charge is 0.130 e. The average molecular weight is 282 g/mol. The van der Waals surface area contributed by atoms with Crippen LogP contribution >= 0.6 is 0 Å². The van der Waals surface area contributed by atoms with Crippen LogP contribution in [0.4, 0.5) is 0 Å². The highest BCUT2D eigenvalue weighted by Gasteiger charge is 2.25. The summed E-state index contributed by atoms with van der Waals surface area (Å²) in [5, 5.41) is 21.1. The lowest BCUT2D eigenvalue weighted by molar-refractivity contribution is 0.390. The molecule has 2 nitrogen and oxygen atoms in total. The average Bonchev–Trinajstić information content (AvgIpc) is 2.49. The van der Waals surface area contributed by atoms with Crippen LogP contribution in [-0.2, 0) is 0 Å². The Morgan fingerprint density at radius 2 is 1.62 bits per heavy atom. The van der Waals surface area contributed by atoms with Crippen molar-refractivity contribution >= 4 is 0 Å². The Morgan fingerprint density at radius 1 is 0.952 bits per heavy atom. The van der Waals surface area contributed by atoms with Gasteiger partial charge in [0.05, 0.1) is 0 Å². The maximum Gasteiger partial charge on any atom is 0.130 e. The molecule has 0 aliphatic heterocycles. The molecule has 0 heterocycles. The molecule has 3 rings (SSSR count). The summed E-state index contributed by atoms with van der Waals surface area (Å²) in [5.41, 5.74) is 3.52. The van der Waals surface area contributed by atoms with E-state index in [1.807, 2.05) is 37.3 Å². The molecule has 0 bridgehead atoms. The van der Waals surface area contributed by atoms with Gasteiger partial charge in [-0.25, -0.2) is 0 Å². The summed E-state index contributed by atoms with van der Waals surface area (Å²) in [6.45, 7) is 1.94. The molecule has 1 saturated carbocycles. The first-order chi connectivity index (χ1) is 10.2. The second-order valence-corrected chi connectivity index (χ2v) is 6.05. The monoisotopic (exact) mass is 282 g/mol. The van der Waals surface area contributed by atoms with E-state index in [0.717, 1.165) is 35.1 Å². The first-order valence-electron chi connectivity index (χ1n) is 7.79. The summed E-state index contributed by atoms with van der Waals surface area (Å²) in [4.78, 5) is 0. The number of hydrogen-bond donors (Lipinski definition) is 2. The second kappa shape index (κ2) is 5.80. The van der Waals surface area contributed by atoms with Crippen LogP contribution in [0.25, 0.3) is 11.1 Å². The van der Waals surface area contributed by atoms with Crippen molar-refractivity contribution in [3.8, 4) is 22.6 Å². The number of hydrogen-bond acceptors (Lipinski definition) is 2. The molecule has 1 fully saturated rings. The summed E-state index contributed by atoms with van der Waals surface area (Å²) in [6, 6.07) is 11.7. The van der Waals surface area contributed by atoms with Crippen LogP contribution in [0.15, 0.2) is 36.4 Å². The Balaban J connectivity index is 2.13. The molecule has 0 unspecified atom stereocenters. The predicted octanol–water partition coefficient (Wildman–Crippen LogP) is 5.12. The molecule has 0 atom stereocenters. The first kappa shape index (κ1) is 14.0. The summed E-state index contributed by atoms with van der Waals surface area (Å²) >= 11 is 0. The molecule has 0 spiro atoms. The van der Waals surface area contributed by atoms with Gasteiger partial charge in [-0.1, -0.05) is 49.6 Å². The van der Waals surface area contributed by atoms with Crippen molar-refractivity contribution in [1.82, 2.24) is 0 Å². The minimum absolute atomic E-state index is 0.247. The van der Waals surface area contributed by atoms with Crippen molar-refractivity contribution in [3.63, 3.8) is 0 Å². The molecule has 0 amide bonds. The minimum Gasteiger partial charge on any atom is -0.508 e. The van der Waals surface area contributed by atoms with Gasteiger partial charge < -0.3 is 10.2 Å². The van der Waals surface area contributed by atoms with Crippen LogP contribution in [0, 0.1) is 6.92 Å². The summed E-state index contributed by atoms with van der Waals surface area (Å²) in [6.07, 6.45) is 5.72. The maximum atomic E-state index is 10.8. The lowest BCUT2D eigenvalue weighted by atomic mass is 9.81. The highest BCUT2D eigenvalue weighted by molar-refractivity contribution is 5.77. The fourth-order valence-electron chi connectivity index (χ4n) is 3.56.